The molecule has 0 fully saturated rings. The molecule has 0 aliphatic rings. The van der Waals surface area contributed by atoms with Gasteiger partial charge in [-0.25, -0.2) is 4.39 Å². The summed E-state index contributed by atoms with van der Waals surface area (Å²) in [6, 6.07) is 3.86. The first kappa shape index (κ1) is 12.4. The molecule has 1 aromatic heterocycles. The molecular formula is C11H10ClFN4O. The minimum absolute atomic E-state index is 0.0681. The van der Waals surface area contributed by atoms with Crippen LogP contribution in [-0.2, 0) is 6.54 Å². The molecule has 7 heteroatoms. The number of H-pyrrole nitrogens is 1. The summed E-state index contributed by atoms with van der Waals surface area (Å²) < 4.78 is 13.5. The molecule has 0 aliphatic carbocycles. The molecule has 2 rings (SSSR count). The summed E-state index contributed by atoms with van der Waals surface area (Å²) in [6.45, 7) is 0.170. The van der Waals surface area contributed by atoms with Gasteiger partial charge >= 0.3 is 0 Å². The molecule has 0 radical (unpaired) electrons. The van der Waals surface area contributed by atoms with E-state index in [1.807, 2.05) is 0 Å². The van der Waals surface area contributed by atoms with E-state index in [9.17, 15) is 9.18 Å². The van der Waals surface area contributed by atoms with Crippen molar-refractivity contribution < 1.29 is 9.18 Å². The molecule has 0 aliphatic heterocycles. The van der Waals surface area contributed by atoms with Crippen LogP contribution in [0.1, 0.15) is 15.9 Å². The number of nitrogens with two attached hydrogens (primary N) is 1. The van der Waals surface area contributed by atoms with Crippen molar-refractivity contribution in [2.45, 2.75) is 6.54 Å². The first-order chi connectivity index (χ1) is 8.58. The molecule has 0 unspecified atom stereocenters. The predicted octanol–water partition coefficient (Wildman–Crippen LogP) is 1.71. The molecule has 0 spiro atoms. The van der Waals surface area contributed by atoms with Gasteiger partial charge in [0.1, 0.15) is 11.6 Å². The first-order valence-electron chi connectivity index (χ1n) is 5.09. The Hall–Kier alpha value is -2.08. The van der Waals surface area contributed by atoms with Crippen LogP contribution < -0.4 is 11.1 Å². The van der Waals surface area contributed by atoms with Gasteiger partial charge in [-0.05, 0) is 18.2 Å². The number of carbonyl (C=O) groups is 1. The number of anilines is 1. The molecule has 0 bridgehead atoms. The van der Waals surface area contributed by atoms with Crippen LogP contribution in [0.15, 0.2) is 24.4 Å². The van der Waals surface area contributed by atoms with Crippen molar-refractivity contribution in [2.75, 3.05) is 5.73 Å². The summed E-state index contributed by atoms with van der Waals surface area (Å²) in [5.41, 5.74) is 6.12. The summed E-state index contributed by atoms with van der Waals surface area (Å²) >= 11 is 5.60. The summed E-state index contributed by atoms with van der Waals surface area (Å²) in [5, 5.41) is 9.02. The van der Waals surface area contributed by atoms with Crippen molar-refractivity contribution in [2.24, 2.45) is 0 Å². The number of aromatic nitrogens is 2. The second-order valence-electron chi connectivity index (χ2n) is 3.62. The predicted molar refractivity (Wildman–Crippen MR) is 65.6 cm³/mol. The third-order valence-corrected chi connectivity index (χ3v) is 2.60. The van der Waals surface area contributed by atoms with E-state index < -0.39 is 11.7 Å². The van der Waals surface area contributed by atoms with Gasteiger partial charge in [-0.15, -0.1) is 0 Å². The largest absolute Gasteiger partial charge is 0.384 e. The van der Waals surface area contributed by atoms with Crippen molar-refractivity contribution >= 4 is 23.3 Å². The highest BCUT2D eigenvalue weighted by Gasteiger charge is 2.12. The lowest BCUT2D eigenvalue weighted by Crippen LogP contribution is -2.24. The lowest BCUT2D eigenvalue weighted by molar-refractivity contribution is 0.0947. The van der Waals surface area contributed by atoms with Gasteiger partial charge in [0.05, 0.1) is 11.8 Å². The fourth-order valence-corrected chi connectivity index (χ4v) is 1.57. The zero-order chi connectivity index (χ0) is 13.1. The number of hydrogen-bond donors (Lipinski definition) is 3. The summed E-state index contributed by atoms with van der Waals surface area (Å²) in [4.78, 5) is 11.7. The van der Waals surface area contributed by atoms with Gasteiger partial charge in [0, 0.05) is 17.1 Å². The van der Waals surface area contributed by atoms with Crippen molar-refractivity contribution in [3.63, 3.8) is 0 Å². The van der Waals surface area contributed by atoms with Crippen LogP contribution in [0.2, 0.25) is 5.02 Å². The highest BCUT2D eigenvalue weighted by Crippen LogP contribution is 2.14. The molecular weight excluding hydrogens is 259 g/mol. The maximum Gasteiger partial charge on any atom is 0.254 e. The Labute approximate surface area is 107 Å². The molecule has 4 N–H and O–H groups in total. The lowest BCUT2D eigenvalue weighted by atomic mass is 10.2. The Kier molecular flexibility index (Phi) is 3.47. The van der Waals surface area contributed by atoms with Gasteiger partial charge < -0.3 is 11.1 Å². The molecule has 94 valence electrons. The third kappa shape index (κ3) is 2.60. The summed E-state index contributed by atoms with van der Waals surface area (Å²) in [6.07, 6.45) is 1.49. The van der Waals surface area contributed by atoms with Gasteiger partial charge in [-0.2, -0.15) is 5.10 Å². The Morgan fingerprint density at radius 3 is 2.94 bits per heavy atom. The van der Waals surface area contributed by atoms with Crippen molar-refractivity contribution in [1.82, 2.24) is 15.5 Å². The first-order valence-corrected chi connectivity index (χ1v) is 5.46. The Morgan fingerprint density at radius 1 is 1.56 bits per heavy atom. The number of carbonyl (C=O) groups excluding carboxylic acids is 1. The van der Waals surface area contributed by atoms with Crippen LogP contribution in [0.25, 0.3) is 0 Å². The van der Waals surface area contributed by atoms with Crippen LogP contribution in [0.4, 0.5) is 10.2 Å². The van der Waals surface area contributed by atoms with Gasteiger partial charge in [0.25, 0.3) is 5.91 Å². The molecule has 0 saturated carbocycles. The van der Waals surface area contributed by atoms with Crippen molar-refractivity contribution in [1.29, 1.82) is 0 Å². The van der Waals surface area contributed by atoms with Crippen LogP contribution in [0, 0.1) is 5.82 Å². The van der Waals surface area contributed by atoms with Crippen LogP contribution in [-0.4, -0.2) is 16.1 Å². The summed E-state index contributed by atoms with van der Waals surface area (Å²) in [7, 11) is 0. The zero-order valence-corrected chi connectivity index (χ0v) is 9.96. The molecule has 1 amide bonds. The lowest BCUT2D eigenvalue weighted by Gasteiger charge is -2.05. The maximum atomic E-state index is 13.5. The van der Waals surface area contributed by atoms with E-state index in [-0.39, 0.29) is 17.1 Å². The number of nitrogen functional groups attached to an aromatic ring is 1. The fraction of sp³-hybridized carbons (Fsp3) is 0.0909. The number of rotatable bonds is 3. The topological polar surface area (TPSA) is 83.8 Å². The van der Waals surface area contributed by atoms with Gasteiger partial charge in [0.15, 0.2) is 0 Å². The van der Waals surface area contributed by atoms with E-state index in [1.54, 1.807) is 0 Å². The quantitative estimate of drug-likeness (QED) is 0.792. The molecule has 1 heterocycles. The standard InChI is InChI=1S/C11H10ClFN4O/c12-7-1-2-8(9(13)3-7)11(18)15-4-6-5-16-17-10(6)14/h1-3,5H,4H2,(H,15,18)(H3,14,16,17). The number of aromatic amines is 1. The number of halogens is 2. The minimum atomic E-state index is -0.667. The molecule has 5 nitrogen and oxygen atoms in total. The van der Waals surface area contributed by atoms with Gasteiger partial charge in [0.2, 0.25) is 0 Å². The second-order valence-corrected chi connectivity index (χ2v) is 4.05. The fourth-order valence-electron chi connectivity index (χ4n) is 1.41. The molecule has 0 saturated heterocycles. The second kappa shape index (κ2) is 5.05. The molecule has 2 aromatic rings. The Balaban J connectivity index is 2.06. The van der Waals surface area contributed by atoms with E-state index in [0.717, 1.165) is 6.07 Å². The average molecular weight is 269 g/mol. The van der Waals surface area contributed by atoms with Crippen LogP contribution in [0.5, 0.6) is 0 Å². The average Bonchev–Trinajstić information content (AvgIpc) is 2.72. The summed E-state index contributed by atoms with van der Waals surface area (Å²) in [5.74, 6) is -0.836. The number of hydrogen-bond acceptors (Lipinski definition) is 3. The highest BCUT2D eigenvalue weighted by atomic mass is 35.5. The van der Waals surface area contributed by atoms with Gasteiger partial charge in [-0.1, -0.05) is 11.6 Å². The number of nitrogens with zero attached hydrogens (tertiary/aromatic N) is 1. The smallest absolute Gasteiger partial charge is 0.254 e. The Morgan fingerprint density at radius 2 is 2.33 bits per heavy atom. The van der Waals surface area contributed by atoms with E-state index >= 15 is 0 Å². The minimum Gasteiger partial charge on any atom is -0.384 e. The number of nitrogens with one attached hydrogen (secondary N) is 2. The number of benzene rings is 1. The highest BCUT2D eigenvalue weighted by molar-refractivity contribution is 6.30. The zero-order valence-electron chi connectivity index (χ0n) is 9.21. The van der Waals surface area contributed by atoms with Crippen molar-refractivity contribution in [3.8, 4) is 0 Å². The van der Waals surface area contributed by atoms with Crippen LogP contribution in [0.3, 0.4) is 0 Å². The van der Waals surface area contributed by atoms with Crippen molar-refractivity contribution in [3.05, 3.63) is 46.4 Å². The van der Waals surface area contributed by atoms with Gasteiger partial charge in [-0.3, -0.25) is 9.89 Å². The van der Waals surface area contributed by atoms with E-state index in [2.05, 4.69) is 15.5 Å². The SMILES string of the molecule is Nc1[nH]ncc1CNC(=O)c1ccc(Cl)cc1F. The number of amides is 1. The third-order valence-electron chi connectivity index (χ3n) is 2.37. The Bertz CT molecular complexity index is 584. The van der Waals surface area contributed by atoms with E-state index in [4.69, 9.17) is 17.3 Å². The monoisotopic (exact) mass is 268 g/mol. The molecule has 1 aromatic carbocycles. The normalized spacial score (nSPS) is 10.3. The van der Waals surface area contributed by atoms with E-state index in [0.29, 0.717) is 11.4 Å². The molecule has 18 heavy (non-hydrogen) atoms. The van der Waals surface area contributed by atoms with Crippen LogP contribution >= 0.6 is 11.6 Å². The maximum absolute atomic E-state index is 13.5. The van der Waals surface area contributed by atoms with E-state index in [1.165, 1.54) is 18.3 Å². The molecule has 0 atom stereocenters.